The molecule has 0 aliphatic rings. The molecule has 102 valence electrons. The Labute approximate surface area is 120 Å². The van der Waals surface area contributed by atoms with Gasteiger partial charge in [0.1, 0.15) is 11.1 Å². The maximum absolute atomic E-state index is 11.4. The van der Waals surface area contributed by atoms with Crippen LogP contribution in [0, 0.1) is 0 Å². The molecule has 0 amide bonds. The number of thiophene rings is 1. The molecule has 5 nitrogen and oxygen atoms in total. The molecule has 0 spiro atoms. The molecule has 0 aliphatic heterocycles. The van der Waals surface area contributed by atoms with E-state index in [-0.39, 0.29) is 11.2 Å². The molecule has 0 saturated heterocycles. The lowest BCUT2D eigenvalue weighted by molar-refractivity contribution is -0.139. The quantitative estimate of drug-likeness (QED) is 0.625. The third-order valence-electron chi connectivity index (χ3n) is 2.65. The Balaban J connectivity index is 2.08. The maximum Gasteiger partial charge on any atom is 0.318 e. The smallest absolute Gasteiger partial charge is 0.318 e. The molecule has 0 saturated carbocycles. The van der Waals surface area contributed by atoms with Crippen molar-refractivity contribution in [3.05, 3.63) is 28.2 Å². The largest absolute Gasteiger partial charge is 0.468 e. The fourth-order valence-electron chi connectivity index (χ4n) is 1.54. The van der Waals surface area contributed by atoms with E-state index in [0.717, 1.165) is 17.4 Å². The Morgan fingerprint density at radius 1 is 1.58 bits per heavy atom. The summed E-state index contributed by atoms with van der Waals surface area (Å²) in [6.45, 7) is 1.80. The van der Waals surface area contributed by atoms with E-state index >= 15 is 0 Å². The molecule has 0 fully saturated rings. The highest BCUT2D eigenvalue weighted by Crippen LogP contribution is 2.23. The molecule has 0 aromatic carbocycles. The lowest BCUT2D eigenvalue weighted by Gasteiger charge is -2.08. The highest BCUT2D eigenvalue weighted by Gasteiger charge is 2.19. The summed E-state index contributed by atoms with van der Waals surface area (Å²) < 4.78 is 6.62. The van der Waals surface area contributed by atoms with Gasteiger partial charge in [0, 0.05) is 18.3 Å². The molecule has 1 unspecified atom stereocenters. The summed E-state index contributed by atoms with van der Waals surface area (Å²) >= 11 is 3.05. The van der Waals surface area contributed by atoms with Crippen LogP contribution in [0.25, 0.3) is 0 Å². The van der Waals surface area contributed by atoms with Crippen LogP contribution in [0.2, 0.25) is 0 Å². The van der Waals surface area contributed by atoms with Gasteiger partial charge in [-0.3, -0.25) is 4.79 Å². The summed E-state index contributed by atoms with van der Waals surface area (Å²) in [4.78, 5) is 12.6. The van der Waals surface area contributed by atoms with Gasteiger partial charge >= 0.3 is 5.97 Å². The Morgan fingerprint density at radius 2 is 2.37 bits per heavy atom. The lowest BCUT2D eigenvalue weighted by atomic mass is 10.3. The molecule has 0 aliphatic carbocycles. The van der Waals surface area contributed by atoms with Crippen molar-refractivity contribution in [2.45, 2.75) is 23.8 Å². The number of aromatic nitrogens is 3. The zero-order chi connectivity index (χ0) is 13.8. The van der Waals surface area contributed by atoms with Crippen LogP contribution in [-0.4, -0.2) is 33.1 Å². The van der Waals surface area contributed by atoms with Crippen molar-refractivity contribution in [2.75, 3.05) is 7.11 Å². The maximum atomic E-state index is 11.4. The fraction of sp³-hybridized carbons (Fsp3) is 0.417. The van der Waals surface area contributed by atoms with Gasteiger partial charge in [0.25, 0.3) is 0 Å². The lowest BCUT2D eigenvalue weighted by Crippen LogP contribution is -2.15. The Kier molecular flexibility index (Phi) is 4.60. The summed E-state index contributed by atoms with van der Waals surface area (Å²) in [5, 5.41) is 10.8. The molecule has 2 aromatic heterocycles. The topological polar surface area (TPSA) is 57.0 Å². The second-order valence-corrected chi connectivity index (χ2v) is 6.34. The van der Waals surface area contributed by atoms with Gasteiger partial charge in [0.2, 0.25) is 0 Å². The molecule has 2 rings (SSSR count). The Bertz CT molecular complexity index is 551. The number of ether oxygens (including phenoxy) is 1. The monoisotopic (exact) mass is 297 g/mol. The summed E-state index contributed by atoms with van der Waals surface area (Å²) in [5.41, 5.74) is 0. The molecule has 2 heterocycles. The number of hydrogen-bond acceptors (Lipinski definition) is 6. The Hall–Kier alpha value is -1.34. The van der Waals surface area contributed by atoms with Gasteiger partial charge in [-0.15, -0.1) is 21.5 Å². The second-order valence-electron chi connectivity index (χ2n) is 4.00. The van der Waals surface area contributed by atoms with Gasteiger partial charge in [-0.05, 0) is 18.4 Å². The molecule has 0 N–H and O–H groups in total. The van der Waals surface area contributed by atoms with Crippen LogP contribution in [0.15, 0.2) is 22.7 Å². The third-order valence-corrected chi connectivity index (χ3v) is 4.64. The van der Waals surface area contributed by atoms with E-state index in [9.17, 15) is 4.79 Å². The van der Waals surface area contributed by atoms with E-state index in [1.54, 1.807) is 18.3 Å². The van der Waals surface area contributed by atoms with Crippen LogP contribution in [0.1, 0.15) is 17.6 Å². The van der Waals surface area contributed by atoms with Crippen molar-refractivity contribution in [1.82, 2.24) is 14.8 Å². The first-order valence-corrected chi connectivity index (χ1v) is 7.53. The molecule has 2 aromatic rings. The summed E-state index contributed by atoms with van der Waals surface area (Å²) in [6, 6.07) is 4.09. The Morgan fingerprint density at radius 3 is 3.00 bits per heavy atom. The van der Waals surface area contributed by atoms with Crippen molar-refractivity contribution < 1.29 is 9.53 Å². The fourth-order valence-corrected chi connectivity index (χ4v) is 3.10. The van der Waals surface area contributed by atoms with Crippen LogP contribution in [0.5, 0.6) is 0 Å². The minimum absolute atomic E-state index is 0.257. The average Bonchev–Trinajstić information content (AvgIpc) is 3.02. The van der Waals surface area contributed by atoms with E-state index in [1.807, 2.05) is 23.1 Å². The number of hydrogen-bond donors (Lipinski definition) is 0. The highest BCUT2D eigenvalue weighted by atomic mass is 32.2. The number of carbonyl (C=O) groups excluding carboxylic acids is 1. The first-order chi connectivity index (χ1) is 9.11. The number of methoxy groups -OCH3 is 1. The molecular formula is C12H15N3O2S2. The summed E-state index contributed by atoms with van der Waals surface area (Å²) in [6.07, 6.45) is 0.758. The zero-order valence-electron chi connectivity index (χ0n) is 11.0. The van der Waals surface area contributed by atoms with Crippen molar-refractivity contribution in [1.29, 1.82) is 0 Å². The average molecular weight is 297 g/mol. The van der Waals surface area contributed by atoms with E-state index in [1.165, 1.54) is 23.7 Å². The highest BCUT2D eigenvalue weighted by molar-refractivity contribution is 8.00. The van der Waals surface area contributed by atoms with Crippen molar-refractivity contribution >= 4 is 29.1 Å². The number of nitrogens with zero attached hydrogens (tertiary/aromatic N) is 3. The number of thioether (sulfide) groups is 1. The first-order valence-electron chi connectivity index (χ1n) is 5.77. The summed E-state index contributed by atoms with van der Waals surface area (Å²) in [7, 11) is 3.30. The molecule has 19 heavy (non-hydrogen) atoms. The first kappa shape index (κ1) is 14.1. The molecule has 0 bridgehead atoms. The van der Waals surface area contributed by atoms with Crippen molar-refractivity contribution in [3.8, 4) is 0 Å². The molecule has 7 heteroatoms. The van der Waals surface area contributed by atoms with Gasteiger partial charge in [0.15, 0.2) is 5.16 Å². The van der Waals surface area contributed by atoms with Crippen LogP contribution < -0.4 is 0 Å². The van der Waals surface area contributed by atoms with Gasteiger partial charge in [0.05, 0.1) is 7.11 Å². The third kappa shape index (κ3) is 3.36. The SMILES string of the molecule is COC(=O)C(C)Sc1nnc(Cc2cccs2)n1C. The predicted octanol–water partition coefficient (Wildman–Crippen LogP) is 2.12. The summed E-state index contributed by atoms with van der Waals surface area (Å²) in [5.74, 6) is 0.634. The minimum Gasteiger partial charge on any atom is -0.468 e. The predicted molar refractivity (Wildman–Crippen MR) is 75.5 cm³/mol. The molecule has 0 radical (unpaired) electrons. The minimum atomic E-state index is -0.289. The van der Waals surface area contributed by atoms with E-state index in [0.29, 0.717) is 0 Å². The van der Waals surface area contributed by atoms with Gasteiger partial charge in [-0.25, -0.2) is 0 Å². The normalized spacial score (nSPS) is 12.4. The zero-order valence-corrected chi connectivity index (χ0v) is 12.6. The van der Waals surface area contributed by atoms with E-state index < -0.39 is 0 Å². The van der Waals surface area contributed by atoms with E-state index in [2.05, 4.69) is 16.3 Å². The van der Waals surface area contributed by atoms with Crippen LogP contribution in [-0.2, 0) is 23.0 Å². The van der Waals surface area contributed by atoms with Crippen LogP contribution in [0.4, 0.5) is 0 Å². The number of rotatable bonds is 5. The number of esters is 1. The standard InChI is InChI=1S/C12H15N3O2S2/c1-8(11(16)17-3)19-12-14-13-10(15(12)2)7-9-5-4-6-18-9/h4-6,8H,7H2,1-3H3. The number of carbonyl (C=O) groups is 1. The van der Waals surface area contributed by atoms with Crippen LogP contribution >= 0.6 is 23.1 Å². The second kappa shape index (κ2) is 6.21. The van der Waals surface area contributed by atoms with Crippen molar-refractivity contribution in [2.24, 2.45) is 7.05 Å². The van der Waals surface area contributed by atoms with Gasteiger partial charge < -0.3 is 9.30 Å². The van der Waals surface area contributed by atoms with Crippen molar-refractivity contribution in [3.63, 3.8) is 0 Å². The van der Waals surface area contributed by atoms with Crippen LogP contribution in [0.3, 0.4) is 0 Å². The van der Waals surface area contributed by atoms with Gasteiger partial charge in [-0.2, -0.15) is 0 Å². The molecular weight excluding hydrogens is 282 g/mol. The van der Waals surface area contributed by atoms with Gasteiger partial charge in [-0.1, -0.05) is 17.8 Å². The van der Waals surface area contributed by atoms with E-state index in [4.69, 9.17) is 4.74 Å². The molecule has 1 atom stereocenters.